The quantitative estimate of drug-likeness (QED) is 0.441. The Hall–Kier alpha value is -3.44. The van der Waals surface area contributed by atoms with Gasteiger partial charge in [-0.05, 0) is 55.3 Å². The van der Waals surface area contributed by atoms with Crippen LogP contribution >= 0.6 is 0 Å². The standard InChI is InChI=1S/C30H34N4O3/c1-33(26-13-14-26)17-25(15-28-29(35)30(36)32-20-31-28)24-11-9-22(10-12-24)4-3-21-5-7-23(8-6-21)16-34-18-27(19-34)37-2/h5-12,20,25-27,35H,13-19H2,1-2H3,(H,31,32,36)/t25-/m1/s1. The second kappa shape index (κ2) is 11.3. The number of likely N-dealkylation sites (tertiary alicyclic amines) is 1. The van der Waals surface area contributed by atoms with Crippen LogP contribution in [-0.2, 0) is 17.7 Å². The Morgan fingerprint density at radius 1 is 1.11 bits per heavy atom. The molecule has 0 radical (unpaired) electrons. The number of ether oxygens (including phenoxy) is 1. The number of aromatic hydroxyl groups is 1. The van der Waals surface area contributed by atoms with E-state index in [9.17, 15) is 9.90 Å². The molecule has 2 heterocycles. The summed E-state index contributed by atoms with van der Waals surface area (Å²) < 4.78 is 5.34. The van der Waals surface area contributed by atoms with Crippen molar-refractivity contribution in [3.63, 3.8) is 0 Å². The van der Waals surface area contributed by atoms with Gasteiger partial charge in [0.05, 0.1) is 18.1 Å². The van der Waals surface area contributed by atoms with Crippen LogP contribution in [0.3, 0.4) is 0 Å². The number of likely N-dealkylation sites (N-methyl/N-ethyl adjacent to an activating group) is 1. The lowest BCUT2D eigenvalue weighted by molar-refractivity contribution is -0.0333. The van der Waals surface area contributed by atoms with Crippen LogP contribution in [0, 0.1) is 11.8 Å². The van der Waals surface area contributed by atoms with Crippen molar-refractivity contribution in [1.82, 2.24) is 19.8 Å². The van der Waals surface area contributed by atoms with E-state index >= 15 is 0 Å². The minimum absolute atomic E-state index is 0.103. The molecule has 3 aromatic rings. The molecule has 7 nitrogen and oxygen atoms in total. The summed E-state index contributed by atoms with van der Waals surface area (Å²) in [5.74, 6) is 6.35. The minimum atomic E-state index is -0.502. The lowest BCUT2D eigenvalue weighted by Crippen LogP contribution is -2.50. The summed E-state index contributed by atoms with van der Waals surface area (Å²) >= 11 is 0. The van der Waals surface area contributed by atoms with Crippen LogP contribution in [0.1, 0.15) is 46.7 Å². The Bertz CT molecular complexity index is 1310. The molecule has 2 aliphatic rings. The van der Waals surface area contributed by atoms with Crippen LogP contribution in [0.25, 0.3) is 0 Å². The van der Waals surface area contributed by atoms with Gasteiger partial charge in [0.1, 0.15) is 0 Å². The molecule has 1 aliphatic heterocycles. The van der Waals surface area contributed by atoms with Gasteiger partial charge < -0.3 is 19.7 Å². The average molecular weight is 499 g/mol. The highest BCUT2D eigenvalue weighted by atomic mass is 16.5. The van der Waals surface area contributed by atoms with Crippen LogP contribution < -0.4 is 5.56 Å². The number of rotatable bonds is 9. The molecule has 0 bridgehead atoms. The van der Waals surface area contributed by atoms with Gasteiger partial charge in [0.15, 0.2) is 0 Å². The number of nitrogens with one attached hydrogen (secondary N) is 1. The number of nitrogens with zero attached hydrogens (tertiary/aromatic N) is 3. The predicted molar refractivity (Wildman–Crippen MR) is 144 cm³/mol. The van der Waals surface area contributed by atoms with Crippen LogP contribution in [0.15, 0.2) is 59.7 Å². The summed E-state index contributed by atoms with van der Waals surface area (Å²) in [6.07, 6.45) is 4.66. The first-order chi connectivity index (χ1) is 18.0. The Kier molecular flexibility index (Phi) is 7.71. The second-order valence-electron chi connectivity index (χ2n) is 10.2. The Morgan fingerprint density at radius 3 is 2.38 bits per heavy atom. The SMILES string of the molecule is COC1CN(Cc2ccc(C#Cc3ccc([C@H](Cc4nc[nH]c(=O)c4O)CN(C)C4CC4)cc3)cc2)C1. The van der Waals surface area contributed by atoms with Crippen LogP contribution in [0.2, 0.25) is 0 Å². The largest absolute Gasteiger partial charge is 0.502 e. The summed E-state index contributed by atoms with van der Waals surface area (Å²) in [5, 5.41) is 10.2. The van der Waals surface area contributed by atoms with Gasteiger partial charge in [0.2, 0.25) is 5.75 Å². The lowest BCUT2D eigenvalue weighted by atomic mass is 9.92. The molecule has 0 spiro atoms. The highest BCUT2D eigenvalue weighted by Crippen LogP contribution is 2.30. The van der Waals surface area contributed by atoms with E-state index in [4.69, 9.17) is 4.74 Å². The number of benzene rings is 2. The van der Waals surface area contributed by atoms with E-state index < -0.39 is 5.56 Å². The summed E-state index contributed by atoms with van der Waals surface area (Å²) in [5.41, 5.74) is 4.30. The fourth-order valence-corrected chi connectivity index (χ4v) is 4.85. The molecule has 1 saturated carbocycles. The van der Waals surface area contributed by atoms with E-state index in [1.807, 2.05) is 12.1 Å². The van der Waals surface area contributed by atoms with Crippen molar-refractivity contribution in [1.29, 1.82) is 0 Å². The number of H-pyrrole nitrogens is 1. The van der Waals surface area contributed by atoms with Gasteiger partial charge in [0, 0.05) is 62.8 Å². The number of aromatic nitrogens is 2. The third-order valence-electron chi connectivity index (χ3n) is 7.37. The number of hydrogen-bond donors (Lipinski definition) is 2. The fraction of sp³-hybridized carbons (Fsp3) is 0.400. The maximum atomic E-state index is 11.9. The molecule has 1 aliphatic carbocycles. The van der Waals surface area contributed by atoms with Crippen LogP contribution in [0.5, 0.6) is 5.75 Å². The van der Waals surface area contributed by atoms with Crippen molar-refractivity contribution in [3.8, 4) is 17.6 Å². The number of hydrogen-bond acceptors (Lipinski definition) is 6. The Morgan fingerprint density at radius 2 is 1.76 bits per heavy atom. The predicted octanol–water partition coefficient (Wildman–Crippen LogP) is 3.13. The van der Waals surface area contributed by atoms with Crippen molar-refractivity contribution in [2.24, 2.45) is 0 Å². The summed E-state index contributed by atoms with van der Waals surface area (Å²) in [6.45, 7) is 3.76. The van der Waals surface area contributed by atoms with E-state index in [1.165, 1.54) is 24.7 Å². The molecule has 7 heteroatoms. The molecule has 37 heavy (non-hydrogen) atoms. The molecule has 0 unspecified atom stereocenters. The highest BCUT2D eigenvalue weighted by Gasteiger charge is 2.29. The molecule has 192 valence electrons. The monoisotopic (exact) mass is 498 g/mol. The minimum Gasteiger partial charge on any atom is -0.502 e. The topological polar surface area (TPSA) is 81.7 Å². The van der Waals surface area contributed by atoms with Gasteiger partial charge in [-0.3, -0.25) is 9.69 Å². The zero-order chi connectivity index (χ0) is 25.8. The van der Waals surface area contributed by atoms with E-state index in [0.717, 1.165) is 42.9 Å². The van der Waals surface area contributed by atoms with Gasteiger partial charge in [-0.25, -0.2) is 4.98 Å². The zero-order valence-electron chi connectivity index (χ0n) is 21.5. The summed E-state index contributed by atoms with van der Waals surface area (Å²) in [6, 6.07) is 17.4. The molecular formula is C30H34N4O3. The van der Waals surface area contributed by atoms with Crippen molar-refractivity contribution < 1.29 is 9.84 Å². The third kappa shape index (κ3) is 6.47. The molecule has 1 saturated heterocycles. The Balaban J connectivity index is 1.25. The normalized spacial score (nSPS) is 16.7. The molecule has 1 atom stereocenters. The van der Waals surface area contributed by atoms with Crippen LogP contribution in [-0.4, -0.2) is 70.8 Å². The molecule has 2 aromatic carbocycles. The third-order valence-corrected chi connectivity index (χ3v) is 7.37. The molecule has 2 N–H and O–H groups in total. The number of aromatic amines is 1. The van der Waals surface area contributed by atoms with Gasteiger partial charge in [-0.15, -0.1) is 0 Å². The first kappa shape index (κ1) is 25.2. The fourth-order valence-electron chi connectivity index (χ4n) is 4.85. The number of methoxy groups -OCH3 is 1. The highest BCUT2D eigenvalue weighted by molar-refractivity contribution is 5.44. The molecular weight excluding hydrogens is 464 g/mol. The van der Waals surface area contributed by atoms with E-state index in [-0.39, 0.29) is 11.7 Å². The molecule has 2 fully saturated rings. The van der Waals surface area contributed by atoms with Crippen molar-refractivity contribution >= 4 is 0 Å². The van der Waals surface area contributed by atoms with Gasteiger partial charge in [-0.2, -0.15) is 0 Å². The average Bonchev–Trinajstić information content (AvgIpc) is 3.74. The van der Waals surface area contributed by atoms with E-state index in [0.29, 0.717) is 24.3 Å². The van der Waals surface area contributed by atoms with Crippen molar-refractivity contribution in [2.75, 3.05) is 33.8 Å². The first-order valence-electron chi connectivity index (χ1n) is 12.9. The van der Waals surface area contributed by atoms with Gasteiger partial charge >= 0.3 is 0 Å². The Labute approximate surface area is 218 Å². The summed E-state index contributed by atoms with van der Waals surface area (Å²) in [4.78, 5) is 23.3. The molecule has 1 aromatic heterocycles. The van der Waals surface area contributed by atoms with Gasteiger partial charge in [-0.1, -0.05) is 36.1 Å². The maximum absolute atomic E-state index is 11.9. The van der Waals surface area contributed by atoms with Gasteiger partial charge in [0.25, 0.3) is 5.56 Å². The lowest BCUT2D eigenvalue weighted by Gasteiger charge is -2.38. The second-order valence-corrected chi connectivity index (χ2v) is 10.2. The smallest absolute Gasteiger partial charge is 0.293 e. The van der Waals surface area contributed by atoms with Crippen molar-refractivity contribution in [2.45, 2.75) is 43.9 Å². The summed E-state index contributed by atoms with van der Waals surface area (Å²) in [7, 11) is 3.91. The van der Waals surface area contributed by atoms with E-state index in [2.05, 4.69) is 75.1 Å². The van der Waals surface area contributed by atoms with Crippen molar-refractivity contribution in [3.05, 3.63) is 93.2 Å². The molecule has 0 amide bonds. The first-order valence-corrected chi connectivity index (χ1v) is 12.9. The maximum Gasteiger partial charge on any atom is 0.293 e. The van der Waals surface area contributed by atoms with Crippen LogP contribution in [0.4, 0.5) is 0 Å². The zero-order valence-corrected chi connectivity index (χ0v) is 21.5. The van der Waals surface area contributed by atoms with E-state index in [1.54, 1.807) is 7.11 Å². The molecule has 5 rings (SSSR count).